The molecule has 0 aromatic heterocycles. The van der Waals surface area contributed by atoms with Gasteiger partial charge in [-0.1, -0.05) is 19.8 Å². The lowest BCUT2D eigenvalue weighted by molar-refractivity contribution is 0.277. The van der Waals surface area contributed by atoms with Crippen molar-refractivity contribution in [3.05, 3.63) is 0 Å². The summed E-state index contributed by atoms with van der Waals surface area (Å²) >= 11 is 0. The third-order valence-corrected chi connectivity index (χ3v) is 4.97. The molecule has 0 amide bonds. The van der Waals surface area contributed by atoms with Gasteiger partial charge >= 0.3 is 0 Å². The molecule has 2 heteroatoms. The molecule has 0 aromatic carbocycles. The second-order valence-electron chi connectivity index (χ2n) is 6.47. The molecule has 1 saturated carbocycles. The zero-order valence-corrected chi connectivity index (χ0v) is 12.5. The molecule has 1 unspecified atom stereocenters. The van der Waals surface area contributed by atoms with Gasteiger partial charge in [-0.3, -0.25) is 0 Å². The van der Waals surface area contributed by atoms with Crippen LogP contribution in [0.25, 0.3) is 0 Å². The van der Waals surface area contributed by atoms with E-state index in [-0.39, 0.29) is 0 Å². The Hall–Kier alpha value is -0.0800. The molecular weight excluding hydrogens is 220 g/mol. The van der Waals surface area contributed by atoms with E-state index in [1.54, 1.807) is 0 Å². The minimum Gasteiger partial charge on any atom is -0.311 e. The van der Waals surface area contributed by atoms with Crippen LogP contribution < -0.4 is 5.32 Å². The van der Waals surface area contributed by atoms with Gasteiger partial charge in [0.2, 0.25) is 0 Å². The van der Waals surface area contributed by atoms with Crippen molar-refractivity contribution < 1.29 is 0 Å². The average Bonchev–Trinajstić information content (AvgIpc) is 2.81. The molecule has 1 N–H and O–H groups in total. The summed E-state index contributed by atoms with van der Waals surface area (Å²) in [5.41, 5.74) is 0. The minimum absolute atomic E-state index is 0.746. The van der Waals surface area contributed by atoms with Gasteiger partial charge in [0.15, 0.2) is 0 Å². The molecule has 1 aliphatic carbocycles. The summed E-state index contributed by atoms with van der Waals surface area (Å²) in [4.78, 5) is 2.65. The molecule has 2 rings (SSSR count). The highest BCUT2D eigenvalue weighted by atomic mass is 15.1. The first-order chi connectivity index (χ1) is 8.79. The normalized spacial score (nSPS) is 29.3. The first-order valence-electron chi connectivity index (χ1n) is 8.28. The Bertz CT molecular complexity index is 223. The van der Waals surface area contributed by atoms with Crippen molar-refractivity contribution in [2.45, 2.75) is 77.3 Å². The van der Waals surface area contributed by atoms with E-state index in [9.17, 15) is 0 Å². The predicted molar refractivity (Wildman–Crippen MR) is 78.9 cm³/mol. The van der Waals surface area contributed by atoms with Crippen LogP contribution in [0.15, 0.2) is 0 Å². The van der Waals surface area contributed by atoms with E-state index in [1.165, 1.54) is 71.0 Å². The number of hydrogen-bond donors (Lipinski definition) is 1. The second-order valence-corrected chi connectivity index (χ2v) is 6.47. The van der Waals surface area contributed by atoms with Gasteiger partial charge < -0.3 is 10.2 Å². The molecule has 0 radical (unpaired) electrons. The Morgan fingerprint density at radius 2 is 1.83 bits per heavy atom. The molecule has 0 aromatic rings. The Labute approximate surface area is 114 Å². The van der Waals surface area contributed by atoms with Crippen molar-refractivity contribution in [3.8, 4) is 0 Å². The van der Waals surface area contributed by atoms with Crippen LogP contribution in [-0.4, -0.2) is 36.6 Å². The third-order valence-electron chi connectivity index (χ3n) is 4.97. The molecule has 1 heterocycles. The minimum atomic E-state index is 0.746. The lowest BCUT2D eigenvalue weighted by Crippen LogP contribution is -2.40. The van der Waals surface area contributed by atoms with Crippen LogP contribution in [0.4, 0.5) is 0 Å². The van der Waals surface area contributed by atoms with E-state index in [2.05, 4.69) is 24.1 Å². The number of hydrogen-bond acceptors (Lipinski definition) is 2. The first-order valence-corrected chi connectivity index (χ1v) is 8.28. The van der Waals surface area contributed by atoms with E-state index in [4.69, 9.17) is 0 Å². The standard InChI is InChI=1S/C16H32N2/c1-3-11-18-12-6-9-16(10-13-18)17-14(2)15-7-4-5-8-15/h14-17H,3-13H2,1-2H3/t14-,16?/m1/s1. The molecule has 1 saturated heterocycles. The van der Waals surface area contributed by atoms with Gasteiger partial charge in [-0.05, 0) is 71.0 Å². The van der Waals surface area contributed by atoms with Gasteiger partial charge in [-0.2, -0.15) is 0 Å². The Morgan fingerprint density at radius 3 is 2.56 bits per heavy atom. The van der Waals surface area contributed by atoms with Crippen molar-refractivity contribution in [2.75, 3.05) is 19.6 Å². The van der Waals surface area contributed by atoms with Gasteiger partial charge in [0.25, 0.3) is 0 Å². The molecule has 2 atom stereocenters. The fourth-order valence-electron chi connectivity index (χ4n) is 3.83. The maximum Gasteiger partial charge on any atom is 0.00823 e. The Kier molecular flexibility index (Phi) is 5.97. The number of likely N-dealkylation sites (tertiary alicyclic amines) is 1. The Balaban J connectivity index is 1.72. The molecule has 2 aliphatic rings. The van der Waals surface area contributed by atoms with Crippen molar-refractivity contribution in [3.63, 3.8) is 0 Å². The summed E-state index contributed by atoms with van der Waals surface area (Å²) < 4.78 is 0. The highest BCUT2D eigenvalue weighted by Crippen LogP contribution is 2.28. The first kappa shape index (κ1) is 14.3. The van der Waals surface area contributed by atoms with Crippen LogP contribution in [-0.2, 0) is 0 Å². The van der Waals surface area contributed by atoms with Crippen LogP contribution >= 0.6 is 0 Å². The molecule has 2 nitrogen and oxygen atoms in total. The van der Waals surface area contributed by atoms with Crippen molar-refractivity contribution in [1.82, 2.24) is 10.2 Å². The molecule has 1 aliphatic heterocycles. The van der Waals surface area contributed by atoms with Crippen LogP contribution in [0, 0.1) is 5.92 Å². The second kappa shape index (κ2) is 7.49. The van der Waals surface area contributed by atoms with E-state index in [1.807, 2.05) is 0 Å². The molecule has 106 valence electrons. The van der Waals surface area contributed by atoms with Gasteiger partial charge in [0.1, 0.15) is 0 Å². The zero-order chi connectivity index (χ0) is 12.8. The number of nitrogens with one attached hydrogen (secondary N) is 1. The quantitative estimate of drug-likeness (QED) is 0.806. The molecule has 18 heavy (non-hydrogen) atoms. The summed E-state index contributed by atoms with van der Waals surface area (Å²) in [5, 5.41) is 3.94. The van der Waals surface area contributed by atoms with Gasteiger partial charge in [0, 0.05) is 12.1 Å². The molecule has 0 bridgehead atoms. The lowest BCUT2D eigenvalue weighted by atomic mass is 9.97. The van der Waals surface area contributed by atoms with E-state index >= 15 is 0 Å². The highest BCUT2D eigenvalue weighted by Gasteiger charge is 2.24. The topological polar surface area (TPSA) is 15.3 Å². The maximum absolute atomic E-state index is 3.94. The predicted octanol–water partition coefficient (Wildman–Crippen LogP) is 3.42. The summed E-state index contributed by atoms with van der Waals surface area (Å²) in [6.07, 6.45) is 11.3. The van der Waals surface area contributed by atoms with Crippen LogP contribution in [0.1, 0.15) is 65.2 Å². The number of rotatable bonds is 5. The lowest BCUT2D eigenvalue weighted by Gasteiger charge is -2.26. The fraction of sp³-hybridized carbons (Fsp3) is 1.00. The van der Waals surface area contributed by atoms with Crippen LogP contribution in [0.5, 0.6) is 0 Å². The summed E-state index contributed by atoms with van der Waals surface area (Å²) in [7, 11) is 0. The molecular formula is C16H32N2. The zero-order valence-electron chi connectivity index (χ0n) is 12.5. The summed E-state index contributed by atoms with van der Waals surface area (Å²) in [6, 6.07) is 1.53. The SMILES string of the molecule is CCCN1CCCC(N[C@H](C)C2CCCC2)CC1. The van der Waals surface area contributed by atoms with Crippen LogP contribution in [0.2, 0.25) is 0 Å². The van der Waals surface area contributed by atoms with Crippen molar-refractivity contribution in [2.24, 2.45) is 5.92 Å². The van der Waals surface area contributed by atoms with E-state index in [0.29, 0.717) is 0 Å². The van der Waals surface area contributed by atoms with Crippen molar-refractivity contribution in [1.29, 1.82) is 0 Å². The smallest absolute Gasteiger partial charge is 0.00823 e. The summed E-state index contributed by atoms with van der Waals surface area (Å²) in [6.45, 7) is 8.64. The Morgan fingerprint density at radius 1 is 1.06 bits per heavy atom. The van der Waals surface area contributed by atoms with E-state index in [0.717, 1.165) is 18.0 Å². The van der Waals surface area contributed by atoms with Gasteiger partial charge in [0.05, 0.1) is 0 Å². The molecule has 2 fully saturated rings. The summed E-state index contributed by atoms with van der Waals surface area (Å²) in [5.74, 6) is 0.958. The monoisotopic (exact) mass is 252 g/mol. The highest BCUT2D eigenvalue weighted by molar-refractivity contribution is 4.82. The van der Waals surface area contributed by atoms with Gasteiger partial charge in [-0.25, -0.2) is 0 Å². The van der Waals surface area contributed by atoms with Crippen molar-refractivity contribution >= 4 is 0 Å². The average molecular weight is 252 g/mol. The maximum atomic E-state index is 3.94. The number of nitrogens with zero attached hydrogens (tertiary/aromatic N) is 1. The fourth-order valence-corrected chi connectivity index (χ4v) is 3.83. The van der Waals surface area contributed by atoms with Crippen LogP contribution in [0.3, 0.4) is 0 Å². The third kappa shape index (κ3) is 4.24. The molecule has 0 spiro atoms. The van der Waals surface area contributed by atoms with E-state index < -0.39 is 0 Å². The van der Waals surface area contributed by atoms with Gasteiger partial charge in [-0.15, -0.1) is 0 Å². The largest absolute Gasteiger partial charge is 0.311 e.